The number of nitrogens with one attached hydrogen (secondary N) is 1. The highest BCUT2D eigenvalue weighted by atomic mass is 35.5. The number of aryl methyl sites for hydroxylation is 1. The monoisotopic (exact) mass is 421 g/mol. The molecular formula is C22H28ClNO5. The van der Waals surface area contributed by atoms with Crippen LogP contribution in [0.25, 0.3) is 21.7 Å². The number of benzene rings is 2. The third kappa shape index (κ3) is 5.01. The topological polar surface area (TPSA) is 80.9 Å². The summed E-state index contributed by atoms with van der Waals surface area (Å²) in [6.45, 7) is 8.55. The van der Waals surface area contributed by atoms with Crippen molar-refractivity contribution in [1.82, 2.24) is 5.32 Å². The van der Waals surface area contributed by atoms with E-state index in [-0.39, 0.29) is 25.0 Å². The van der Waals surface area contributed by atoms with E-state index in [0.29, 0.717) is 41.8 Å². The molecule has 2 N–H and O–H groups in total. The van der Waals surface area contributed by atoms with E-state index in [1.165, 1.54) is 0 Å². The summed E-state index contributed by atoms with van der Waals surface area (Å²) in [6, 6.07) is 9.72. The predicted molar refractivity (Wildman–Crippen MR) is 116 cm³/mol. The lowest BCUT2D eigenvalue weighted by Crippen LogP contribution is -2.35. The first-order chi connectivity index (χ1) is 13.4. The predicted octanol–water partition coefficient (Wildman–Crippen LogP) is 4.23. The van der Waals surface area contributed by atoms with Gasteiger partial charge in [0, 0.05) is 28.7 Å². The minimum absolute atomic E-state index is 0. The standard InChI is InChI=1S/C22H27NO5.ClH/c1-5-26-22(25)20-14(4)28-21-17-7-6-8-19(16(17)9-10-18(20)21)27-12-15(24)11-23-13(2)3;/h6-10,13,15,23-24H,5,11-12H2,1-4H3;1H. The van der Waals surface area contributed by atoms with Crippen LogP contribution in [0.15, 0.2) is 34.7 Å². The van der Waals surface area contributed by atoms with Crippen molar-refractivity contribution < 1.29 is 23.8 Å². The maximum Gasteiger partial charge on any atom is 0.342 e. The van der Waals surface area contributed by atoms with Crippen molar-refractivity contribution in [3.63, 3.8) is 0 Å². The number of carbonyl (C=O) groups excluding carboxylic acids is 1. The van der Waals surface area contributed by atoms with Crippen molar-refractivity contribution in [3.8, 4) is 5.75 Å². The molecule has 1 aromatic heterocycles. The fraction of sp³-hybridized carbons (Fsp3) is 0.409. The Morgan fingerprint density at radius 2 is 1.90 bits per heavy atom. The molecule has 1 heterocycles. The number of rotatable bonds is 8. The van der Waals surface area contributed by atoms with Gasteiger partial charge in [-0.2, -0.15) is 0 Å². The SMILES string of the molecule is CCOC(=O)c1c(C)oc2c1ccc1c(OCC(O)CNC(C)C)cccc12.Cl. The van der Waals surface area contributed by atoms with Crippen LogP contribution in [0.4, 0.5) is 0 Å². The largest absolute Gasteiger partial charge is 0.490 e. The summed E-state index contributed by atoms with van der Waals surface area (Å²) in [4.78, 5) is 12.3. The van der Waals surface area contributed by atoms with Crippen molar-refractivity contribution in [2.24, 2.45) is 0 Å². The molecule has 3 rings (SSSR count). The van der Waals surface area contributed by atoms with Gasteiger partial charge < -0.3 is 24.3 Å². The second kappa shape index (κ2) is 9.96. The Morgan fingerprint density at radius 1 is 1.17 bits per heavy atom. The van der Waals surface area contributed by atoms with Gasteiger partial charge in [-0.25, -0.2) is 4.79 Å². The lowest BCUT2D eigenvalue weighted by atomic mass is 10.0. The van der Waals surface area contributed by atoms with Gasteiger partial charge in [0.25, 0.3) is 0 Å². The summed E-state index contributed by atoms with van der Waals surface area (Å²) >= 11 is 0. The Balaban J connectivity index is 0.00000300. The minimum Gasteiger partial charge on any atom is -0.490 e. The Morgan fingerprint density at radius 3 is 2.59 bits per heavy atom. The molecule has 2 aromatic carbocycles. The van der Waals surface area contributed by atoms with Gasteiger partial charge in [-0.1, -0.05) is 26.0 Å². The molecule has 158 valence electrons. The zero-order valence-electron chi connectivity index (χ0n) is 17.2. The minimum atomic E-state index is -0.609. The second-order valence-electron chi connectivity index (χ2n) is 7.08. The van der Waals surface area contributed by atoms with Gasteiger partial charge in [0.15, 0.2) is 0 Å². The Hall–Kier alpha value is -2.28. The van der Waals surface area contributed by atoms with Crippen LogP contribution >= 0.6 is 12.4 Å². The molecule has 0 bridgehead atoms. The molecule has 29 heavy (non-hydrogen) atoms. The van der Waals surface area contributed by atoms with E-state index in [4.69, 9.17) is 13.9 Å². The quantitative estimate of drug-likeness (QED) is 0.530. The third-order valence-electron chi connectivity index (χ3n) is 4.52. The van der Waals surface area contributed by atoms with Crippen molar-refractivity contribution in [2.45, 2.75) is 39.8 Å². The maximum atomic E-state index is 12.3. The van der Waals surface area contributed by atoms with E-state index in [1.807, 2.05) is 44.2 Å². The maximum absolute atomic E-state index is 12.3. The molecule has 0 radical (unpaired) electrons. The molecule has 0 aliphatic carbocycles. The van der Waals surface area contributed by atoms with Gasteiger partial charge >= 0.3 is 5.97 Å². The fourth-order valence-corrected chi connectivity index (χ4v) is 3.20. The van der Waals surface area contributed by atoms with Crippen LogP contribution in [-0.2, 0) is 4.74 Å². The average molecular weight is 422 g/mol. The summed E-state index contributed by atoms with van der Waals surface area (Å²) in [5, 5.41) is 15.7. The third-order valence-corrected chi connectivity index (χ3v) is 4.52. The van der Waals surface area contributed by atoms with Crippen molar-refractivity contribution in [2.75, 3.05) is 19.8 Å². The highest BCUT2D eigenvalue weighted by Gasteiger charge is 2.21. The van der Waals surface area contributed by atoms with Gasteiger partial charge in [0.1, 0.15) is 35.4 Å². The number of aliphatic hydroxyl groups is 1. The van der Waals surface area contributed by atoms with E-state index in [1.54, 1.807) is 13.8 Å². The van der Waals surface area contributed by atoms with Crippen LogP contribution in [-0.4, -0.2) is 43.0 Å². The van der Waals surface area contributed by atoms with Crippen molar-refractivity contribution in [1.29, 1.82) is 0 Å². The molecule has 0 fully saturated rings. The van der Waals surface area contributed by atoms with E-state index in [0.717, 1.165) is 16.2 Å². The Kier molecular flexibility index (Phi) is 7.90. The lowest BCUT2D eigenvalue weighted by Gasteiger charge is -2.16. The van der Waals surface area contributed by atoms with E-state index >= 15 is 0 Å². The molecule has 0 aliphatic rings. The van der Waals surface area contributed by atoms with Crippen LogP contribution in [0.1, 0.15) is 36.9 Å². The number of carbonyl (C=O) groups is 1. The van der Waals surface area contributed by atoms with E-state index < -0.39 is 6.10 Å². The van der Waals surface area contributed by atoms with Crippen LogP contribution in [0, 0.1) is 6.92 Å². The van der Waals surface area contributed by atoms with Gasteiger partial charge in [-0.3, -0.25) is 0 Å². The van der Waals surface area contributed by atoms with Crippen molar-refractivity contribution in [3.05, 3.63) is 41.7 Å². The number of halogens is 1. The molecule has 0 spiro atoms. The lowest BCUT2D eigenvalue weighted by molar-refractivity contribution is 0.0526. The fourth-order valence-electron chi connectivity index (χ4n) is 3.20. The first kappa shape index (κ1) is 23.0. The number of furan rings is 1. The van der Waals surface area contributed by atoms with Gasteiger partial charge in [-0.05, 0) is 32.0 Å². The van der Waals surface area contributed by atoms with Crippen LogP contribution in [0.3, 0.4) is 0 Å². The molecule has 0 saturated heterocycles. The van der Waals surface area contributed by atoms with E-state index in [2.05, 4.69) is 5.32 Å². The highest BCUT2D eigenvalue weighted by molar-refractivity contribution is 6.13. The Labute approximate surface area is 176 Å². The molecule has 0 amide bonds. The smallest absolute Gasteiger partial charge is 0.342 e. The summed E-state index contributed by atoms with van der Waals surface area (Å²) in [5.74, 6) is 0.809. The number of aliphatic hydroxyl groups excluding tert-OH is 1. The van der Waals surface area contributed by atoms with Crippen LogP contribution < -0.4 is 10.1 Å². The first-order valence-corrected chi connectivity index (χ1v) is 9.58. The number of hydrogen-bond donors (Lipinski definition) is 2. The van der Waals surface area contributed by atoms with Crippen molar-refractivity contribution >= 4 is 40.1 Å². The summed E-state index contributed by atoms with van der Waals surface area (Å²) in [6.07, 6.45) is -0.609. The van der Waals surface area contributed by atoms with Gasteiger partial charge in [0.05, 0.1) is 6.61 Å². The number of hydrogen-bond acceptors (Lipinski definition) is 6. The second-order valence-corrected chi connectivity index (χ2v) is 7.08. The van der Waals surface area contributed by atoms with E-state index in [9.17, 15) is 9.90 Å². The molecule has 0 aliphatic heterocycles. The molecule has 7 heteroatoms. The zero-order valence-corrected chi connectivity index (χ0v) is 18.0. The molecule has 0 saturated carbocycles. The van der Waals surface area contributed by atoms with Crippen LogP contribution in [0.2, 0.25) is 0 Å². The molecule has 6 nitrogen and oxygen atoms in total. The van der Waals surface area contributed by atoms with Gasteiger partial charge in [0.2, 0.25) is 0 Å². The number of ether oxygens (including phenoxy) is 2. The summed E-state index contributed by atoms with van der Waals surface area (Å²) in [7, 11) is 0. The normalized spacial score (nSPS) is 12.2. The molecular weight excluding hydrogens is 394 g/mol. The summed E-state index contributed by atoms with van der Waals surface area (Å²) in [5.41, 5.74) is 1.09. The Bertz CT molecular complexity index is 982. The molecule has 1 atom stereocenters. The van der Waals surface area contributed by atoms with Gasteiger partial charge in [-0.15, -0.1) is 12.4 Å². The highest BCUT2D eigenvalue weighted by Crippen LogP contribution is 2.36. The van der Waals surface area contributed by atoms with Crippen LogP contribution in [0.5, 0.6) is 5.75 Å². The zero-order chi connectivity index (χ0) is 20.3. The average Bonchev–Trinajstić information content (AvgIpc) is 3.01. The molecule has 1 unspecified atom stereocenters. The first-order valence-electron chi connectivity index (χ1n) is 9.58. The number of fused-ring (bicyclic) bond motifs is 3. The number of esters is 1. The summed E-state index contributed by atoms with van der Waals surface area (Å²) < 4.78 is 16.9. The molecule has 3 aromatic rings.